The fourth-order valence-electron chi connectivity index (χ4n) is 2.34. The summed E-state index contributed by atoms with van der Waals surface area (Å²) in [7, 11) is 0. The Bertz CT molecular complexity index is 671. The van der Waals surface area contributed by atoms with Gasteiger partial charge in [0.25, 0.3) is 5.91 Å². The quantitative estimate of drug-likeness (QED) is 0.880. The molecule has 1 amide bonds. The van der Waals surface area contributed by atoms with Crippen molar-refractivity contribution in [1.29, 1.82) is 0 Å². The van der Waals surface area contributed by atoms with Crippen molar-refractivity contribution in [2.45, 2.75) is 24.7 Å². The number of rotatable bonds is 3. The maximum Gasteiger partial charge on any atom is 0.271 e. The van der Waals surface area contributed by atoms with Crippen LogP contribution >= 0.6 is 23.3 Å². The third-order valence-electron chi connectivity index (χ3n) is 3.33. The van der Waals surface area contributed by atoms with Crippen LogP contribution in [0.2, 0.25) is 0 Å². The van der Waals surface area contributed by atoms with Crippen molar-refractivity contribution in [3.63, 3.8) is 0 Å². The van der Waals surface area contributed by atoms with E-state index < -0.39 is 0 Å². The van der Waals surface area contributed by atoms with Gasteiger partial charge in [-0.3, -0.25) is 4.79 Å². The summed E-state index contributed by atoms with van der Waals surface area (Å²) in [4.78, 5) is 16.4. The number of amides is 1. The molecule has 0 unspecified atom stereocenters. The van der Waals surface area contributed by atoms with Crippen LogP contribution in [-0.4, -0.2) is 27.8 Å². The second kappa shape index (κ2) is 6.03. The zero-order valence-electron chi connectivity index (χ0n) is 11.7. The number of nitrogens with zero attached hydrogens (tertiary/aromatic N) is 3. The Kier molecular flexibility index (Phi) is 4.12. The molecule has 0 bridgehead atoms. The molecule has 1 aromatic carbocycles. The minimum absolute atomic E-state index is 0.0133. The minimum Gasteiger partial charge on any atom is -0.399 e. The summed E-state index contributed by atoms with van der Waals surface area (Å²) in [5, 5.41) is 4.09. The predicted octanol–water partition coefficient (Wildman–Crippen LogP) is 2.83. The van der Waals surface area contributed by atoms with Crippen LogP contribution in [-0.2, 0) is 6.42 Å². The number of nitrogens with two attached hydrogens (primary N) is 1. The van der Waals surface area contributed by atoms with Gasteiger partial charge in [-0.25, -0.2) is 0 Å². The van der Waals surface area contributed by atoms with E-state index in [9.17, 15) is 4.79 Å². The molecule has 2 heterocycles. The van der Waals surface area contributed by atoms with Gasteiger partial charge in [-0.05, 0) is 36.2 Å². The number of nitrogen functional groups attached to an aromatic ring is 1. The average molecular weight is 320 g/mol. The van der Waals surface area contributed by atoms with Gasteiger partial charge in [0, 0.05) is 22.9 Å². The van der Waals surface area contributed by atoms with Gasteiger partial charge in [-0.1, -0.05) is 17.8 Å². The number of benzene rings is 1. The van der Waals surface area contributed by atoms with E-state index in [4.69, 9.17) is 5.73 Å². The Balaban J connectivity index is 1.96. The fraction of sp³-hybridized carbons (Fsp3) is 0.357. The van der Waals surface area contributed by atoms with Crippen LogP contribution in [0.4, 0.5) is 11.4 Å². The molecule has 1 aliphatic rings. The van der Waals surface area contributed by atoms with Gasteiger partial charge in [-0.2, -0.15) is 0 Å². The second-order valence-electron chi connectivity index (χ2n) is 4.83. The van der Waals surface area contributed by atoms with Crippen LogP contribution in [0.25, 0.3) is 0 Å². The molecule has 2 N–H and O–H groups in total. The highest BCUT2D eigenvalue weighted by Crippen LogP contribution is 2.37. The summed E-state index contributed by atoms with van der Waals surface area (Å²) in [6.45, 7) is 2.75. The largest absolute Gasteiger partial charge is 0.399 e. The molecular formula is C14H16N4OS2. The van der Waals surface area contributed by atoms with E-state index in [0.717, 1.165) is 34.9 Å². The van der Waals surface area contributed by atoms with E-state index in [1.807, 2.05) is 18.2 Å². The lowest BCUT2D eigenvalue weighted by Crippen LogP contribution is -2.35. The monoisotopic (exact) mass is 320 g/mol. The third kappa shape index (κ3) is 2.75. The molecule has 3 rings (SSSR count). The normalized spacial score (nSPS) is 14.0. The average Bonchev–Trinajstić information content (AvgIpc) is 2.94. The Morgan fingerprint density at radius 3 is 3.14 bits per heavy atom. The Labute approximate surface area is 131 Å². The summed E-state index contributed by atoms with van der Waals surface area (Å²) < 4.78 is 3.94. The van der Waals surface area contributed by atoms with Crippen molar-refractivity contribution >= 4 is 40.6 Å². The predicted molar refractivity (Wildman–Crippen MR) is 87.2 cm³/mol. The number of thioether (sulfide) groups is 1. The number of fused-ring (bicyclic) bond motifs is 1. The van der Waals surface area contributed by atoms with Crippen LogP contribution in [0.5, 0.6) is 0 Å². The van der Waals surface area contributed by atoms with Gasteiger partial charge >= 0.3 is 0 Å². The van der Waals surface area contributed by atoms with E-state index in [1.54, 1.807) is 16.7 Å². The number of aromatic nitrogens is 2. The third-order valence-corrected chi connectivity index (χ3v) is 5.13. The van der Waals surface area contributed by atoms with Crippen molar-refractivity contribution in [3.05, 3.63) is 28.8 Å². The zero-order chi connectivity index (χ0) is 14.8. The highest BCUT2D eigenvalue weighted by Gasteiger charge is 2.27. The van der Waals surface area contributed by atoms with E-state index in [1.165, 1.54) is 11.5 Å². The number of carbonyl (C=O) groups is 1. The molecule has 110 valence electrons. The van der Waals surface area contributed by atoms with Crippen LogP contribution in [0.3, 0.4) is 0 Å². The molecule has 0 atom stereocenters. The molecule has 0 radical (unpaired) electrons. The summed E-state index contributed by atoms with van der Waals surface area (Å²) in [5.41, 5.74) is 8.24. The number of aryl methyl sites for hydroxylation is 1. The van der Waals surface area contributed by atoms with E-state index in [0.29, 0.717) is 17.1 Å². The zero-order valence-corrected chi connectivity index (χ0v) is 13.3. The molecule has 0 fully saturated rings. The van der Waals surface area contributed by atoms with E-state index in [2.05, 4.69) is 16.5 Å². The highest BCUT2D eigenvalue weighted by atomic mass is 32.2. The van der Waals surface area contributed by atoms with Crippen molar-refractivity contribution in [2.75, 3.05) is 22.9 Å². The molecule has 21 heavy (non-hydrogen) atoms. The number of hydrogen-bond acceptors (Lipinski definition) is 6. The maximum atomic E-state index is 12.8. The lowest BCUT2D eigenvalue weighted by atomic mass is 10.2. The van der Waals surface area contributed by atoms with Crippen molar-refractivity contribution in [2.24, 2.45) is 0 Å². The molecule has 0 saturated heterocycles. The first-order chi connectivity index (χ1) is 10.2. The van der Waals surface area contributed by atoms with Gasteiger partial charge in [0.05, 0.1) is 11.4 Å². The number of hydrogen-bond donors (Lipinski definition) is 1. The molecule has 2 aromatic rings. The molecule has 0 saturated carbocycles. The van der Waals surface area contributed by atoms with Crippen LogP contribution < -0.4 is 10.6 Å². The van der Waals surface area contributed by atoms with Gasteiger partial charge < -0.3 is 10.6 Å². The Morgan fingerprint density at radius 2 is 2.33 bits per heavy atom. The maximum absolute atomic E-state index is 12.8. The Hall–Kier alpha value is -1.60. The molecule has 1 aliphatic heterocycles. The summed E-state index contributed by atoms with van der Waals surface area (Å²) in [6, 6.07) is 5.72. The van der Waals surface area contributed by atoms with Gasteiger partial charge in [0.2, 0.25) is 0 Å². The van der Waals surface area contributed by atoms with Gasteiger partial charge in [-0.15, -0.1) is 16.9 Å². The highest BCUT2D eigenvalue weighted by molar-refractivity contribution is 7.99. The molecule has 7 heteroatoms. The van der Waals surface area contributed by atoms with E-state index in [-0.39, 0.29) is 5.91 Å². The molecular weight excluding hydrogens is 304 g/mol. The lowest BCUT2D eigenvalue weighted by Gasteiger charge is -2.29. The van der Waals surface area contributed by atoms with Crippen LogP contribution in [0.1, 0.15) is 28.7 Å². The minimum atomic E-state index is -0.0133. The SMILES string of the molecule is CCCc1nnsc1C(=O)N1CCSc2ccc(N)cc21. The second-order valence-corrected chi connectivity index (χ2v) is 6.72. The molecule has 0 spiro atoms. The van der Waals surface area contributed by atoms with E-state index >= 15 is 0 Å². The molecule has 1 aromatic heterocycles. The van der Waals surface area contributed by atoms with Gasteiger partial charge in [0.15, 0.2) is 0 Å². The number of anilines is 2. The first-order valence-corrected chi connectivity index (χ1v) is 8.62. The first kappa shape index (κ1) is 14.3. The van der Waals surface area contributed by atoms with Gasteiger partial charge in [0.1, 0.15) is 4.88 Å². The van der Waals surface area contributed by atoms with Crippen molar-refractivity contribution in [3.8, 4) is 0 Å². The fourth-order valence-corrected chi connectivity index (χ4v) is 3.97. The Morgan fingerprint density at radius 1 is 1.48 bits per heavy atom. The smallest absolute Gasteiger partial charge is 0.271 e. The first-order valence-electron chi connectivity index (χ1n) is 6.86. The summed E-state index contributed by atoms with van der Waals surface area (Å²) in [5.74, 6) is 0.874. The topological polar surface area (TPSA) is 72.1 Å². The lowest BCUT2D eigenvalue weighted by molar-refractivity contribution is 0.0990. The standard InChI is InChI=1S/C14H16N4OS2/c1-2-3-10-13(21-17-16-10)14(19)18-6-7-20-12-5-4-9(15)8-11(12)18/h4-5,8H,2-3,6-7,15H2,1H3. The number of carbonyl (C=O) groups excluding carboxylic acids is 1. The summed E-state index contributed by atoms with van der Waals surface area (Å²) >= 11 is 2.93. The molecule has 5 nitrogen and oxygen atoms in total. The van der Waals surface area contributed by atoms with Crippen LogP contribution in [0.15, 0.2) is 23.1 Å². The van der Waals surface area contributed by atoms with Crippen molar-refractivity contribution in [1.82, 2.24) is 9.59 Å². The van der Waals surface area contributed by atoms with Crippen LogP contribution in [0, 0.1) is 0 Å². The summed E-state index contributed by atoms with van der Waals surface area (Å²) in [6.07, 6.45) is 1.73. The van der Waals surface area contributed by atoms with Crippen molar-refractivity contribution < 1.29 is 4.79 Å². The molecule has 0 aliphatic carbocycles.